The molecule has 0 rings (SSSR count). The van der Waals surface area contributed by atoms with Crippen molar-refractivity contribution < 1.29 is 17.8 Å². The largest absolute Gasteiger partial charge is 0.462 e. The first-order valence-corrected chi connectivity index (χ1v) is 19.9. The van der Waals surface area contributed by atoms with E-state index in [9.17, 15) is 4.79 Å². The fourth-order valence-corrected chi connectivity index (χ4v) is 18.1. The summed E-state index contributed by atoms with van der Waals surface area (Å²) in [5.74, 6) is -0.219. The van der Waals surface area contributed by atoms with Crippen molar-refractivity contribution in [3.63, 3.8) is 0 Å². The number of allylic oxidation sites excluding steroid dienone is 1. The standard InChI is InChI=1S/C21H46O4Si3/c1-10-13-17-26(5,6)24-28(9,25-27(7,8)18-14-11-2)19-15-16-23-21(22)20(4)12-3/h12H,10-11,13-19H2,1-9H3/b20-12+. The van der Waals surface area contributed by atoms with Gasteiger partial charge in [-0.25, -0.2) is 4.79 Å². The van der Waals surface area contributed by atoms with Gasteiger partial charge in [0, 0.05) is 5.57 Å². The van der Waals surface area contributed by atoms with Gasteiger partial charge in [0.25, 0.3) is 0 Å². The van der Waals surface area contributed by atoms with Crippen molar-refractivity contribution in [2.75, 3.05) is 6.61 Å². The number of carbonyl (C=O) groups is 1. The van der Waals surface area contributed by atoms with Crippen LogP contribution in [0.25, 0.3) is 0 Å². The van der Waals surface area contributed by atoms with Gasteiger partial charge in [-0.2, -0.15) is 0 Å². The molecule has 0 atom stereocenters. The zero-order valence-corrected chi connectivity index (χ0v) is 23.1. The summed E-state index contributed by atoms with van der Waals surface area (Å²) < 4.78 is 19.1. The van der Waals surface area contributed by atoms with Crippen LogP contribution in [0.4, 0.5) is 0 Å². The van der Waals surface area contributed by atoms with E-state index in [1.807, 2.05) is 6.92 Å². The fourth-order valence-electron chi connectivity index (χ4n) is 3.39. The summed E-state index contributed by atoms with van der Waals surface area (Å²) in [4.78, 5) is 11.9. The molecule has 0 aromatic carbocycles. The SMILES string of the molecule is C/C=C(\C)C(=O)OCCC[Si](C)(O[Si](C)(C)CCCC)O[Si](C)(C)CCCC. The molecule has 0 N–H and O–H groups in total. The predicted molar refractivity (Wildman–Crippen MR) is 128 cm³/mol. The van der Waals surface area contributed by atoms with Crippen LogP contribution in [0.3, 0.4) is 0 Å². The van der Waals surface area contributed by atoms with Crippen LogP contribution in [0.15, 0.2) is 11.6 Å². The average molecular weight is 447 g/mol. The average Bonchev–Trinajstić information content (AvgIpc) is 2.60. The third-order valence-electron chi connectivity index (χ3n) is 5.01. The van der Waals surface area contributed by atoms with E-state index in [0.29, 0.717) is 12.2 Å². The number of ether oxygens (including phenoxy) is 1. The molecule has 0 bridgehead atoms. The van der Waals surface area contributed by atoms with Crippen molar-refractivity contribution in [3.05, 3.63) is 11.6 Å². The highest BCUT2D eigenvalue weighted by Crippen LogP contribution is 2.30. The molecule has 4 nitrogen and oxygen atoms in total. The van der Waals surface area contributed by atoms with Gasteiger partial charge in [-0.05, 0) is 71.1 Å². The van der Waals surface area contributed by atoms with Crippen LogP contribution in [-0.2, 0) is 17.8 Å². The molecule has 0 amide bonds. The van der Waals surface area contributed by atoms with Crippen molar-refractivity contribution in [1.29, 1.82) is 0 Å². The number of rotatable bonds is 15. The normalized spacial score (nSPS) is 13.7. The van der Waals surface area contributed by atoms with Crippen molar-refractivity contribution in [1.82, 2.24) is 0 Å². The smallest absolute Gasteiger partial charge is 0.333 e. The molecular formula is C21H46O4Si3. The summed E-state index contributed by atoms with van der Waals surface area (Å²) in [6.45, 7) is 20.1. The molecule has 0 saturated carbocycles. The Balaban J connectivity index is 5.03. The number of carbonyl (C=O) groups excluding carboxylic acids is 1. The number of hydrogen-bond acceptors (Lipinski definition) is 4. The van der Waals surface area contributed by atoms with Crippen LogP contribution >= 0.6 is 0 Å². The lowest BCUT2D eigenvalue weighted by molar-refractivity contribution is -0.139. The van der Waals surface area contributed by atoms with Gasteiger partial charge in [0.15, 0.2) is 16.6 Å². The Labute approximate surface area is 177 Å². The first-order chi connectivity index (χ1) is 12.9. The van der Waals surface area contributed by atoms with Gasteiger partial charge in [0.2, 0.25) is 0 Å². The molecule has 7 heteroatoms. The molecule has 0 aliphatic heterocycles. The van der Waals surface area contributed by atoms with Crippen molar-refractivity contribution in [2.24, 2.45) is 0 Å². The number of esters is 1. The van der Waals surface area contributed by atoms with E-state index in [1.165, 1.54) is 37.8 Å². The molecular weight excluding hydrogens is 400 g/mol. The Kier molecular flexibility index (Phi) is 13.1. The maximum atomic E-state index is 11.9. The monoisotopic (exact) mass is 446 g/mol. The Morgan fingerprint density at radius 2 is 1.29 bits per heavy atom. The van der Waals surface area contributed by atoms with Crippen LogP contribution in [-0.4, -0.2) is 37.8 Å². The predicted octanol–water partition coefficient (Wildman–Crippen LogP) is 7.00. The van der Waals surface area contributed by atoms with E-state index in [4.69, 9.17) is 13.0 Å². The summed E-state index contributed by atoms with van der Waals surface area (Å²) in [6, 6.07) is 3.25. The highest BCUT2D eigenvalue weighted by Gasteiger charge is 2.42. The minimum atomic E-state index is -2.31. The van der Waals surface area contributed by atoms with Gasteiger partial charge in [-0.3, -0.25) is 0 Å². The van der Waals surface area contributed by atoms with Gasteiger partial charge in [-0.1, -0.05) is 45.6 Å². The van der Waals surface area contributed by atoms with Crippen LogP contribution in [0.1, 0.15) is 59.8 Å². The molecule has 0 aromatic heterocycles. The first kappa shape index (κ1) is 27.8. The lowest BCUT2D eigenvalue weighted by Crippen LogP contribution is -2.54. The van der Waals surface area contributed by atoms with Gasteiger partial charge < -0.3 is 13.0 Å². The summed E-state index contributed by atoms with van der Waals surface area (Å²) in [5.41, 5.74) is 0.661. The Bertz CT molecular complexity index is 468. The van der Waals surface area contributed by atoms with Gasteiger partial charge in [-0.15, -0.1) is 0 Å². The number of unbranched alkanes of at least 4 members (excludes halogenated alkanes) is 2. The van der Waals surface area contributed by atoms with E-state index < -0.39 is 25.2 Å². The molecule has 0 fully saturated rings. The highest BCUT2D eigenvalue weighted by atomic mass is 28.5. The van der Waals surface area contributed by atoms with Crippen molar-refractivity contribution in [2.45, 2.75) is 111 Å². The minimum Gasteiger partial charge on any atom is -0.462 e. The van der Waals surface area contributed by atoms with Crippen molar-refractivity contribution in [3.8, 4) is 0 Å². The Morgan fingerprint density at radius 3 is 1.68 bits per heavy atom. The van der Waals surface area contributed by atoms with E-state index in [-0.39, 0.29) is 5.97 Å². The molecule has 0 unspecified atom stereocenters. The third kappa shape index (κ3) is 12.4. The third-order valence-corrected chi connectivity index (χ3v) is 17.3. The summed E-state index contributed by atoms with van der Waals surface area (Å²) in [6.07, 6.45) is 7.45. The van der Waals surface area contributed by atoms with E-state index >= 15 is 0 Å². The van der Waals surface area contributed by atoms with Crippen LogP contribution < -0.4 is 0 Å². The van der Waals surface area contributed by atoms with E-state index in [0.717, 1.165) is 12.5 Å². The second kappa shape index (κ2) is 13.2. The lowest BCUT2D eigenvalue weighted by atomic mass is 10.3. The molecule has 0 saturated heterocycles. The molecule has 0 radical (unpaired) electrons. The van der Waals surface area contributed by atoms with E-state index in [1.54, 1.807) is 13.0 Å². The molecule has 28 heavy (non-hydrogen) atoms. The summed E-state index contributed by atoms with van der Waals surface area (Å²) >= 11 is 0. The number of hydrogen-bond donors (Lipinski definition) is 0. The van der Waals surface area contributed by atoms with E-state index in [2.05, 4.69) is 46.6 Å². The van der Waals surface area contributed by atoms with Crippen LogP contribution in [0.2, 0.25) is 50.9 Å². The molecule has 0 aromatic rings. The highest BCUT2D eigenvalue weighted by molar-refractivity contribution is 6.88. The molecule has 0 spiro atoms. The Morgan fingerprint density at radius 1 is 0.821 bits per heavy atom. The topological polar surface area (TPSA) is 44.8 Å². The first-order valence-electron chi connectivity index (χ1n) is 11.1. The maximum absolute atomic E-state index is 11.9. The lowest BCUT2D eigenvalue weighted by Gasteiger charge is -2.41. The van der Waals surface area contributed by atoms with Gasteiger partial charge in [0.05, 0.1) is 6.61 Å². The maximum Gasteiger partial charge on any atom is 0.333 e. The minimum absolute atomic E-state index is 0.219. The van der Waals surface area contributed by atoms with Crippen LogP contribution in [0.5, 0.6) is 0 Å². The molecule has 0 aliphatic carbocycles. The zero-order valence-electron chi connectivity index (χ0n) is 20.1. The quantitative estimate of drug-likeness (QED) is 0.117. The second-order valence-corrected chi connectivity index (χ2v) is 21.7. The molecule has 0 heterocycles. The molecule has 0 aliphatic rings. The summed E-state index contributed by atoms with van der Waals surface area (Å²) in [7, 11) is -5.82. The summed E-state index contributed by atoms with van der Waals surface area (Å²) in [5, 5.41) is 0. The van der Waals surface area contributed by atoms with Gasteiger partial charge in [0.1, 0.15) is 0 Å². The molecule has 166 valence electrons. The fraction of sp³-hybridized carbons (Fsp3) is 0.857. The second-order valence-electron chi connectivity index (χ2n) is 9.28. The Hall–Kier alpha value is -0.219. The van der Waals surface area contributed by atoms with Crippen molar-refractivity contribution >= 4 is 31.2 Å². The zero-order chi connectivity index (χ0) is 21.8. The van der Waals surface area contributed by atoms with Gasteiger partial charge >= 0.3 is 14.5 Å². The van der Waals surface area contributed by atoms with Crippen LogP contribution in [0, 0.1) is 0 Å².